The van der Waals surface area contributed by atoms with E-state index in [-0.39, 0.29) is 35.0 Å². The molecule has 21 nitrogen and oxygen atoms in total. The van der Waals surface area contributed by atoms with Crippen LogP contribution in [0.5, 0.6) is 0 Å². The van der Waals surface area contributed by atoms with Gasteiger partial charge >= 0.3 is 18.4 Å². The zero-order chi connectivity index (χ0) is 57.5. The van der Waals surface area contributed by atoms with Crippen molar-refractivity contribution in [2.75, 3.05) is 52.4 Å². The first-order chi connectivity index (χ1) is 37.9. The Morgan fingerprint density at radius 2 is 0.963 bits per heavy atom. The fraction of sp³-hybridized carbons (Fsp3) is 0.576. The molecule has 4 fully saturated rings. The van der Waals surface area contributed by atoms with E-state index in [1.807, 2.05) is 37.4 Å². The zero-order valence-corrected chi connectivity index (χ0v) is 48.5. The lowest BCUT2D eigenvalue weighted by Crippen LogP contribution is -2.41. The first kappa shape index (κ1) is 59.2. The van der Waals surface area contributed by atoms with E-state index in [1.54, 1.807) is 63.4 Å². The van der Waals surface area contributed by atoms with E-state index in [0.717, 1.165) is 101 Å². The molecule has 8 heterocycles. The van der Waals surface area contributed by atoms with Crippen LogP contribution in [0.2, 0.25) is 0 Å². The monoisotopic (exact) mass is 1100 g/mol. The molecular weight excluding hydrogens is 1020 g/mol. The van der Waals surface area contributed by atoms with Crippen molar-refractivity contribution >= 4 is 29.4 Å². The van der Waals surface area contributed by atoms with Gasteiger partial charge in [0.15, 0.2) is 11.0 Å². The predicted molar refractivity (Wildman–Crippen MR) is 303 cm³/mol. The van der Waals surface area contributed by atoms with Crippen molar-refractivity contribution in [3.05, 3.63) is 128 Å². The van der Waals surface area contributed by atoms with Gasteiger partial charge in [-0.05, 0) is 124 Å². The molecule has 4 unspecified atom stereocenters. The molecule has 1 amide bonds. The highest BCUT2D eigenvalue weighted by atomic mass is 16.8. The number of carbonyl (C=O) groups is 3. The Morgan fingerprint density at radius 3 is 1.36 bits per heavy atom. The van der Waals surface area contributed by atoms with Gasteiger partial charge in [0.1, 0.15) is 40.1 Å². The van der Waals surface area contributed by atoms with Gasteiger partial charge in [0.25, 0.3) is 11.1 Å². The van der Waals surface area contributed by atoms with Crippen LogP contribution in [0.15, 0.2) is 82.6 Å². The predicted octanol–water partition coefficient (Wildman–Crippen LogP) is 8.76. The van der Waals surface area contributed by atoms with Gasteiger partial charge in [0.05, 0.1) is 12.4 Å². The number of nitrogens with one attached hydrogen (secondary N) is 3. The quantitative estimate of drug-likeness (QED) is 0.0734. The molecule has 80 heavy (non-hydrogen) atoms. The number of carbonyl (C=O) groups excluding carboxylic acids is 3. The third kappa shape index (κ3) is 15.9. The molecule has 4 aromatic heterocycles. The summed E-state index contributed by atoms with van der Waals surface area (Å²) in [5.41, 5.74) is 1.48. The molecule has 21 heteroatoms. The number of aromatic amines is 2. The topological polar surface area (TPSA) is 236 Å². The number of amides is 1. The molecule has 3 N–H and O–H groups in total. The lowest BCUT2D eigenvalue weighted by Gasteiger charge is -2.32. The summed E-state index contributed by atoms with van der Waals surface area (Å²) >= 11 is 0. The number of piperidine rings is 2. The van der Waals surface area contributed by atoms with Crippen molar-refractivity contribution in [1.29, 1.82) is 0 Å². The Hall–Kier alpha value is -6.97. The number of rotatable bonds is 8. The van der Waals surface area contributed by atoms with Gasteiger partial charge in [-0.3, -0.25) is 19.4 Å². The van der Waals surface area contributed by atoms with Crippen LogP contribution in [0.1, 0.15) is 160 Å². The summed E-state index contributed by atoms with van der Waals surface area (Å²) in [4.78, 5) is 82.1. The van der Waals surface area contributed by atoms with Crippen LogP contribution in [0.4, 0.5) is 14.4 Å². The number of imidazole rings is 2. The van der Waals surface area contributed by atoms with Crippen molar-refractivity contribution in [2.24, 2.45) is 11.8 Å². The van der Waals surface area contributed by atoms with E-state index < -0.39 is 29.1 Å². The zero-order valence-electron chi connectivity index (χ0n) is 48.5. The third-order valence-electron chi connectivity index (χ3n) is 14.6. The summed E-state index contributed by atoms with van der Waals surface area (Å²) in [6.45, 7) is 28.8. The van der Waals surface area contributed by atoms with Gasteiger partial charge in [0, 0.05) is 76.0 Å². The molecule has 2 aromatic carbocycles. The molecule has 0 aliphatic carbocycles. The smallest absolute Gasteiger partial charge is 0.444 e. The molecule has 0 spiro atoms. The Bertz CT molecular complexity index is 3130. The highest BCUT2D eigenvalue weighted by Gasteiger charge is 2.36. The second-order valence-electron chi connectivity index (χ2n) is 24.8. The second kappa shape index (κ2) is 25.2. The largest absolute Gasteiger partial charge is 0.519 e. The Morgan fingerprint density at radius 1 is 0.562 bits per heavy atom. The number of hydrogen-bond donors (Lipinski definition) is 3. The van der Waals surface area contributed by atoms with Crippen LogP contribution in [0, 0.1) is 11.8 Å². The number of likely N-dealkylation sites (tertiary alicyclic amines) is 3. The van der Waals surface area contributed by atoms with Crippen molar-refractivity contribution in [3.63, 3.8) is 0 Å². The van der Waals surface area contributed by atoms with Crippen LogP contribution in [-0.2, 0) is 32.0 Å². The van der Waals surface area contributed by atoms with Crippen LogP contribution in [-0.4, -0.2) is 141 Å². The van der Waals surface area contributed by atoms with Crippen molar-refractivity contribution in [1.82, 2.24) is 59.2 Å². The van der Waals surface area contributed by atoms with Gasteiger partial charge < -0.3 is 39.1 Å². The number of ether oxygens (including phenoxy) is 4. The highest BCUT2D eigenvalue weighted by molar-refractivity contribution is 5.77. The maximum Gasteiger partial charge on any atom is 0.519 e. The van der Waals surface area contributed by atoms with Gasteiger partial charge in [-0.15, -0.1) is 0 Å². The van der Waals surface area contributed by atoms with Gasteiger partial charge in [-0.25, -0.2) is 33.4 Å². The van der Waals surface area contributed by atoms with E-state index >= 15 is 0 Å². The average Bonchev–Trinajstić information content (AvgIpc) is 4.33. The minimum atomic E-state index is -1.06. The highest BCUT2D eigenvalue weighted by Crippen LogP contribution is 2.34. The molecule has 10 rings (SSSR count). The first-order valence-corrected chi connectivity index (χ1v) is 28.2. The van der Waals surface area contributed by atoms with Crippen LogP contribution in [0.25, 0.3) is 11.0 Å². The van der Waals surface area contributed by atoms with Crippen molar-refractivity contribution < 1.29 is 33.3 Å². The van der Waals surface area contributed by atoms with Crippen molar-refractivity contribution in [2.45, 2.75) is 155 Å². The van der Waals surface area contributed by atoms with Gasteiger partial charge in [-0.1, -0.05) is 74.5 Å². The summed E-state index contributed by atoms with van der Waals surface area (Å²) in [6.07, 6.45) is 4.48. The molecule has 4 saturated heterocycles. The van der Waals surface area contributed by atoms with E-state index in [1.165, 1.54) is 11.1 Å². The van der Waals surface area contributed by atoms with Crippen LogP contribution >= 0.6 is 0 Å². The number of nitrogens with zero attached hydrogens (tertiary/aromatic N) is 9. The molecule has 6 aromatic rings. The second-order valence-corrected chi connectivity index (χ2v) is 24.8. The summed E-state index contributed by atoms with van der Waals surface area (Å²) in [5.74, 6) is 4.91. The molecule has 432 valence electrons. The van der Waals surface area contributed by atoms with E-state index in [2.05, 4.69) is 102 Å². The van der Waals surface area contributed by atoms with Crippen LogP contribution in [0.3, 0.4) is 0 Å². The normalized spacial score (nSPS) is 20.7. The van der Waals surface area contributed by atoms with E-state index in [0.29, 0.717) is 41.9 Å². The molecule has 0 bridgehead atoms. The SMILES string of the molecule is CC(C)(C)OC(=O)OC(=O)OC(C)(C)C.CC1CN(Cc2ccccc2)CC1c1nn2c(C3CCN(C(=O)OC(C)(C)C)CC3)ncc2c(=O)[nH]1.CC1CN(Cc2ccccc2)CC1c1nn2c(C3CCNCC3)ncc2c(=O)[nH]1. The Balaban J connectivity index is 0.000000171. The number of hydrogen-bond acceptors (Lipinski definition) is 16. The summed E-state index contributed by atoms with van der Waals surface area (Å²) < 4.78 is 22.9. The molecule has 0 saturated carbocycles. The number of aromatic nitrogens is 8. The lowest BCUT2D eigenvalue weighted by atomic mass is 9.96. The maximum absolute atomic E-state index is 13.0. The number of H-pyrrole nitrogens is 2. The molecule has 0 radical (unpaired) electrons. The maximum atomic E-state index is 13.0. The number of fused-ring (bicyclic) bond motifs is 2. The first-order valence-electron chi connectivity index (χ1n) is 28.2. The van der Waals surface area contributed by atoms with Gasteiger partial charge in [0.2, 0.25) is 0 Å². The molecule has 4 aliphatic heterocycles. The fourth-order valence-electron chi connectivity index (χ4n) is 10.9. The summed E-state index contributed by atoms with van der Waals surface area (Å²) in [5, 5.41) is 13.2. The molecular formula is C59H82N12O9. The lowest BCUT2D eigenvalue weighted by molar-refractivity contribution is -0.0294. The van der Waals surface area contributed by atoms with Crippen molar-refractivity contribution in [3.8, 4) is 0 Å². The summed E-state index contributed by atoms with van der Waals surface area (Å²) in [7, 11) is 0. The fourth-order valence-corrected chi connectivity index (χ4v) is 10.9. The Kier molecular flexibility index (Phi) is 18.7. The molecule has 4 atom stereocenters. The molecule has 4 aliphatic rings. The number of benzene rings is 2. The third-order valence-corrected chi connectivity index (χ3v) is 14.6. The Labute approximate surface area is 468 Å². The minimum Gasteiger partial charge on any atom is -0.444 e. The van der Waals surface area contributed by atoms with E-state index in [9.17, 15) is 24.0 Å². The van der Waals surface area contributed by atoms with Crippen LogP contribution < -0.4 is 16.4 Å². The standard InChI is InChI=1S/C27H36N6O3.C22H28N6O.C10H18O5/c1-18-15-31(16-19-8-6-5-7-9-19)17-21(18)23-29-25(34)22-14-28-24(33(22)30-23)20-10-12-32(13-11-20)26(35)36-27(2,3)4;1-15-12-27(13-16-5-3-2-4-6-16)14-18(15)20-25-22(29)19-11-24-21(28(19)26-20)17-7-9-23-10-8-17;1-9(2,3)14-7(11)13-8(12)15-10(4,5)6/h5-9,14,18,20-21H,10-13,15-17H2,1-4H3,(H,29,30,34);2-6,11,15,17-18,23H,7-10,12-14H2,1H3,(H,25,26,29);1-6H3. The summed E-state index contributed by atoms with van der Waals surface area (Å²) in [6, 6.07) is 21.0. The van der Waals surface area contributed by atoms with E-state index in [4.69, 9.17) is 24.4 Å². The minimum absolute atomic E-state index is 0.0867. The average molecular weight is 1100 g/mol. The van der Waals surface area contributed by atoms with Gasteiger partial charge in [-0.2, -0.15) is 10.2 Å².